The first-order chi connectivity index (χ1) is 9.87. The van der Waals surface area contributed by atoms with Gasteiger partial charge in [0.2, 0.25) is 0 Å². The monoisotopic (exact) mass is 295 g/mol. The molecular weight excluding hydrogens is 270 g/mol. The highest BCUT2D eigenvalue weighted by atomic mass is 16.6. The Bertz CT molecular complexity index is 473. The van der Waals surface area contributed by atoms with Crippen LogP contribution in [0.15, 0.2) is 12.4 Å². The van der Waals surface area contributed by atoms with Gasteiger partial charge in [-0.1, -0.05) is 0 Å². The number of carbonyl (C=O) groups excluding carboxylic acids is 1. The van der Waals surface area contributed by atoms with Gasteiger partial charge in [-0.05, 0) is 39.2 Å². The predicted octanol–water partition coefficient (Wildman–Crippen LogP) is 1.67. The normalized spacial score (nSPS) is 15.9. The molecule has 1 aromatic heterocycles. The van der Waals surface area contributed by atoms with E-state index in [1.54, 1.807) is 4.90 Å². The summed E-state index contributed by atoms with van der Waals surface area (Å²) < 4.78 is 7.25. The van der Waals surface area contributed by atoms with Gasteiger partial charge in [0.05, 0.1) is 6.20 Å². The van der Waals surface area contributed by atoms with Gasteiger partial charge in [0.1, 0.15) is 5.60 Å². The van der Waals surface area contributed by atoms with Crippen LogP contribution in [0.5, 0.6) is 0 Å². The maximum Gasteiger partial charge on any atom is 0.410 e. The van der Waals surface area contributed by atoms with E-state index in [-0.39, 0.29) is 12.7 Å². The molecule has 0 aromatic carbocycles. The van der Waals surface area contributed by atoms with E-state index >= 15 is 0 Å². The standard InChI is InChI=1S/C15H25N3O3/c1-15(2,3)21-14(20)17-8-13(9-17)11-18-10-12(7-16-18)5-4-6-19/h7,10,13,19H,4-6,8-9,11H2,1-3H3. The minimum absolute atomic E-state index is 0.207. The summed E-state index contributed by atoms with van der Waals surface area (Å²) in [5.74, 6) is 0.433. The first kappa shape index (κ1) is 15.8. The third-order valence-corrected chi connectivity index (χ3v) is 3.36. The van der Waals surface area contributed by atoms with E-state index in [0.717, 1.165) is 38.0 Å². The fraction of sp³-hybridized carbons (Fsp3) is 0.733. The number of ether oxygens (including phenoxy) is 1. The highest BCUT2D eigenvalue weighted by Gasteiger charge is 2.33. The fourth-order valence-electron chi connectivity index (χ4n) is 2.34. The Kier molecular flexibility index (Phi) is 4.88. The smallest absolute Gasteiger partial charge is 0.410 e. The van der Waals surface area contributed by atoms with Crippen molar-refractivity contribution in [2.45, 2.75) is 45.8 Å². The molecule has 0 radical (unpaired) electrons. The van der Waals surface area contributed by atoms with Crippen LogP contribution in [0.1, 0.15) is 32.8 Å². The summed E-state index contributed by atoms with van der Waals surface area (Å²) in [4.78, 5) is 13.5. The number of aliphatic hydroxyl groups excluding tert-OH is 1. The number of carbonyl (C=O) groups is 1. The van der Waals surface area contributed by atoms with Crippen molar-refractivity contribution in [2.24, 2.45) is 5.92 Å². The van der Waals surface area contributed by atoms with Gasteiger partial charge < -0.3 is 14.7 Å². The topological polar surface area (TPSA) is 67.6 Å². The molecule has 1 aliphatic heterocycles. The highest BCUT2D eigenvalue weighted by Crippen LogP contribution is 2.21. The number of aryl methyl sites for hydroxylation is 1. The zero-order chi connectivity index (χ0) is 15.5. The lowest BCUT2D eigenvalue weighted by Gasteiger charge is -2.39. The van der Waals surface area contributed by atoms with Crippen molar-refractivity contribution in [1.82, 2.24) is 14.7 Å². The van der Waals surface area contributed by atoms with Crippen LogP contribution in [0, 0.1) is 5.92 Å². The largest absolute Gasteiger partial charge is 0.444 e. The Morgan fingerprint density at radius 2 is 2.19 bits per heavy atom. The van der Waals surface area contributed by atoms with E-state index in [1.807, 2.05) is 37.8 Å². The van der Waals surface area contributed by atoms with Crippen LogP contribution in [0.25, 0.3) is 0 Å². The quantitative estimate of drug-likeness (QED) is 0.897. The van der Waals surface area contributed by atoms with Crippen LogP contribution < -0.4 is 0 Å². The van der Waals surface area contributed by atoms with Gasteiger partial charge in [-0.25, -0.2) is 4.79 Å². The highest BCUT2D eigenvalue weighted by molar-refractivity contribution is 5.69. The molecule has 1 aliphatic rings. The van der Waals surface area contributed by atoms with E-state index in [0.29, 0.717) is 5.92 Å². The summed E-state index contributed by atoms with van der Waals surface area (Å²) in [7, 11) is 0. The second-order valence-electron chi connectivity index (χ2n) is 6.65. The Morgan fingerprint density at radius 1 is 1.48 bits per heavy atom. The molecule has 118 valence electrons. The number of aliphatic hydroxyl groups is 1. The summed E-state index contributed by atoms with van der Waals surface area (Å²) >= 11 is 0. The van der Waals surface area contributed by atoms with Crippen LogP contribution in [-0.4, -0.2) is 51.2 Å². The van der Waals surface area contributed by atoms with Crippen LogP contribution in [0.2, 0.25) is 0 Å². The molecule has 1 aromatic rings. The average Bonchev–Trinajstić information content (AvgIpc) is 2.76. The van der Waals surface area contributed by atoms with Gasteiger partial charge in [-0.15, -0.1) is 0 Å². The second-order valence-corrected chi connectivity index (χ2v) is 6.65. The van der Waals surface area contributed by atoms with Crippen molar-refractivity contribution in [3.8, 4) is 0 Å². The number of rotatable bonds is 5. The van der Waals surface area contributed by atoms with Crippen LogP contribution in [0.3, 0.4) is 0 Å². The van der Waals surface area contributed by atoms with Gasteiger partial charge in [-0.2, -0.15) is 5.10 Å². The lowest BCUT2D eigenvalue weighted by Crippen LogP contribution is -2.52. The van der Waals surface area contributed by atoms with Crippen molar-refractivity contribution >= 4 is 6.09 Å². The second kappa shape index (κ2) is 6.47. The van der Waals surface area contributed by atoms with E-state index in [1.165, 1.54) is 0 Å². The zero-order valence-electron chi connectivity index (χ0n) is 13.1. The molecule has 21 heavy (non-hydrogen) atoms. The first-order valence-corrected chi connectivity index (χ1v) is 7.47. The molecule has 0 unspecified atom stereocenters. The Balaban J connectivity index is 1.73. The van der Waals surface area contributed by atoms with Crippen molar-refractivity contribution in [3.05, 3.63) is 18.0 Å². The van der Waals surface area contributed by atoms with Gasteiger partial charge in [0.15, 0.2) is 0 Å². The third kappa shape index (κ3) is 4.74. The minimum Gasteiger partial charge on any atom is -0.444 e. The number of amides is 1. The lowest BCUT2D eigenvalue weighted by atomic mass is 10.0. The molecule has 1 saturated heterocycles. The van der Waals surface area contributed by atoms with Gasteiger partial charge in [0, 0.05) is 38.4 Å². The molecule has 0 spiro atoms. The molecule has 0 bridgehead atoms. The van der Waals surface area contributed by atoms with E-state index < -0.39 is 5.60 Å². The van der Waals surface area contributed by atoms with Crippen molar-refractivity contribution in [3.63, 3.8) is 0 Å². The van der Waals surface area contributed by atoms with Crippen LogP contribution >= 0.6 is 0 Å². The summed E-state index contributed by atoms with van der Waals surface area (Å²) in [6, 6.07) is 0. The molecule has 1 N–H and O–H groups in total. The average molecular weight is 295 g/mol. The first-order valence-electron chi connectivity index (χ1n) is 7.47. The maximum absolute atomic E-state index is 11.8. The zero-order valence-corrected chi connectivity index (χ0v) is 13.1. The van der Waals surface area contributed by atoms with Crippen LogP contribution in [-0.2, 0) is 17.7 Å². The molecule has 1 fully saturated rings. The molecule has 6 nitrogen and oxygen atoms in total. The SMILES string of the molecule is CC(C)(C)OC(=O)N1CC(Cn2cc(CCCO)cn2)C1. The number of hydrogen-bond acceptors (Lipinski definition) is 4. The minimum atomic E-state index is -0.439. The molecular formula is C15H25N3O3. The van der Waals surface area contributed by atoms with Crippen molar-refractivity contribution < 1.29 is 14.6 Å². The molecule has 0 aliphatic carbocycles. The predicted molar refractivity (Wildman–Crippen MR) is 78.9 cm³/mol. The molecule has 2 rings (SSSR count). The molecule has 0 atom stereocenters. The van der Waals surface area contributed by atoms with E-state index in [9.17, 15) is 4.79 Å². The van der Waals surface area contributed by atoms with Gasteiger partial charge >= 0.3 is 6.09 Å². The number of aromatic nitrogens is 2. The van der Waals surface area contributed by atoms with E-state index in [4.69, 9.17) is 9.84 Å². The molecule has 0 saturated carbocycles. The Morgan fingerprint density at radius 3 is 2.81 bits per heavy atom. The van der Waals surface area contributed by atoms with E-state index in [2.05, 4.69) is 5.10 Å². The van der Waals surface area contributed by atoms with Crippen molar-refractivity contribution in [2.75, 3.05) is 19.7 Å². The molecule has 1 amide bonds. The Labute approximate surface area is 125 Å². The maximum atomic E-state index is 11.8. The summed E-state index contributed by atoms with van der Waals surface area (Å²) in [6.07, 6.45) is 5.25. The number of likely N-dealkylation sites (tertiary alicyclic amines) is 1. The molecule has 2 heterocycles. The van der Waals surface area contributed by atoms with Crippen molar-refractivity contribution in [1.29, 1.82) is 0 Å². The summed E-state index contributed by atoms with van der Waals surface area (Å²) in [5.41, 5.74) is 0.707. The Hall–Kier alpha value is -1.56. The number of hydrogen-bond donors (Lipinski definition) is 1. The lowest BCUT2D eigenvalue weighted by molar-refractivity contribution is -0.00383. The third-order valence-electron chi connectivity index (χ3n) is 3.36. The van der Waals surface area contributed by atoms with Gasteiger partial charge in [-0.3, -0.25) is 4.68 Å². The fourth-order valence-corrected chi connectivity index (χ4v) is 2.34. The number of nitrogens with zero attached hydrogens (tertiary/aromatic N) is 3. The van der Waals surface area contributed by atoms with Crippen LogP contribution in [0.4, 0.5) is 4.79 Å². The molecule has 6 heteroatoms. The summed E-state index contributed by atoms with van der Waals surface area (Å²) in [5, 5.41) is 13.1. The van der Waals surface area contributed by atoms with Gasteiger partial charge in [0.25, 0.3) is 0 Å². The summed E-state index contributed by atoms with van der Waals surface area (Å²) in [6.45, 7) is 8.10.